The lowest BCUT2D eigenvalue weighted by molar-refractivity contribution is 0.171. The first-order valence-corrected chi connectivity index (χ1v) is 8.30. The van der Waals surface area contributed by atoms with Crippen molar-refractivity contribution in [2.45, 2.75) is 19.0 Å². The van der Waals surface area contributed by atoms with Crippen LogP contribution in [0.25, 0.3) is 0 Å². The van der Waals surface area contributed by atoms with Crippen molar-refractivity contribution < 1.29 is 22.6 Å². The molecule has 1 N–H and O–H groups in total. The molecule has 0 aliphatic carbocycles. The van der Waals surface area contributed by atoms with E-state index < -0.39 is 9.84 Å². The van der Waals surface area contributed by atoms with Crippen molar-refractivity contribution in [3.8, 4) is 17.2 Å². The monoisotopic (exact) mass is 299 g/mol. The number of sulfone groups is 1. The molecule has 1 aromatic rings. The molecule has 110 valence electrons. The molecule has 3 rings (SSSR count). The fraction of sp³-hybridized carbons (Fsp3) is 0.538. The van der Waals surface area contributed by atoms with Crippen LogP contribution in [0.5, 0.6) is 17.2 Å². The first-order valence-electron chi connectivity index (χ1n) is 6.48. The minimum atomic E-state index is -2.85. The summed E-state index contributed by atoms with van der Waals surface area (Å²) in [5.74, 6) is 2.42. The Morgan fingerprint density at radius 2 is 2.25 bits per heavy atom. The predicted molar refractivity (Wildman–Crippen MR) is 73.0 cm³/mol. The molecule has 7 heteroatoms. The van der Waals surface area contributed by atoms with Gasteiger partial charge in [-0.25, -0.2) is 8.42 Å². The van der Waals surface area contributed by atoms with Gasteiger partial charge < -0.3 is 19.5 Å². The van der Waals surface area contributed by atoms with Gasteiger partial charge in [0.25, 0.3) is 0 Å². The van der Waals surface area contributed by atoms with E-state index in [4.69, 9.17) is 14.2 Å². The highest BCUT2D eigenvalue weighted by molar-refractivity contribution is 7.91. The first kappa shape index (κ1) is 13.5. The second-order valence-corrected chi connectivity index (χ2v) is 7.24. The zero-order chi connectivity index (χ0) is 14.2. The molecule has 0 aromatic heterocycles. The highest BCUT2D eigenvalue weighted by atomic mass is 32.2. The minimum absolute atomic E-state index is 0.0245. The number of fused-ring (bicyclic) bond motifs is 1. The average molecular weight is 299 g/mol. The standard InChI is InChI=1S/C13H17NO5S/c1-17-11-4-9(5-12-13(11)19-8-18-12)6-14-10-2-3-20(15,16)7-10/h4-5,10,14H,2-3,6-8H2,1H3. The molecule has 20 heavy (non-hydrogen) atoms. The van der Waals surface area contributed by atoms with Crippen LogP contribution in [0.3, 0.4) is 0 Å². The van der Waals surface area contributed by atoms with Crippen LogP contribution < -0.4 is 19.5 Å². The van der Waals surface area contributed by atoms with Gasteiger partial charge in [0.05, 0.1) is 18.6 Å². The van der Waals surface area contributed by atoms with Crippen LogP contribution in [-0.2, 0) is 16.4 Å². The number of nitrogens with one attached hydrogen (secondary N) is 1. The van der Waals surface area contributed by atoms with Crippen LogP contribution in [0.4, 0.5) is 0 Å². The molecule has 6 nitrogen and oxygen atoms in total. The van der Waals surface area contributed by atoms with Gasteiger partial charge in [0, 0.05) is 12.6 Å². The highest BCUT2D eigenvalue weighted by Crippen LogP contribution is 2.41. The number of ether oxygens (including phenoxy) is 3. The maximum Gasteiger partial charge on any atom is 0.231 e. The van der Waals surface area contributed by atoms with E-state index in [-0.39, 0.29) is 24.3 Å². The lowest BCUT2D eigenvalue weighted by Crippen LogP contribution is -2.29. The number of methoxy groups -OCH3 is 1. The molecule has 1 fully saturated rings. The molecule has 0 amide bonds. The van der Waals surface area contributed by atoms with Crippen molar-refractivity contribution in [3.05, 3.63) is 17.7 Å². The quantitative estimate of drug-likeness (QED) is 0.882. The lowest BCUT2D eigenvalue weighted by Gasteiger charge is -2.12. The zero-order valence-electron chi connectivity index (χ0n) is 11.2. The van der Waals surface area contributed by atoms with Crippen molar-refractivity contribution in [2.24, 2.45) is 0 Å². The van der Waals surface area contributed by atoms with E-state index in [1.54, 1.807) is 7.11 Å². The molecule has 1 atom stereocenters. The Morgan fingerprint density at radius 1 is 1.40 bits per heavy atom. The molecule has 1 aromatic carbocycles. The van der Waals surface area contributed by atoms with E-state index in [0.717, 1.165) is 5.56 Å². The molecule has 2 aliphatic rings. The number of rotatable bonds is 4. The second kappa shape index (κ2) is 5.14. The third kappa shape index (κ3) is 2.69. The number of hydrogen-bond acceptors (Lipinski definition) is 6. The Bertz CT molecular complexity index is 613. The number of benzene rings is 1. The lowest BCUT2D eigenvalue weighted by atomic mass is 10.1. The molecular weight excluding hydrogens is 282 g/mol. The highest BCUT2D eigenvalue weighted by Gasteiger charge is 2.27. The Morgan fingerprint density at radius 3 is 2.95 bits per heavy atom. The predicted octanol–water partition coefficient (Wildman–Crippen LogP) is 0.701. The maximum atomic E-state index is 11.4. The summed E-state index contributed by atoms with van der Waals surface area (Å²) in [4.78, 5) is 0. The average Bonchev–Trinajstić information content (AvgIpc) is 3.01. The molecule has 2 aliphatic heterocycles. The molecular formula is C13H17NO5S. The number of hydrogen-bond donors (Lipinski definition) is 1. The van der Waals surface area contributed by atoms with Crippen LogP contribution in [-0.4, -0.2) is 39.9 Å². The van der Waals surface area contributed by atoms with Gasteiger partial charge >= 0.3 is 0 Å². The fourth-order valence-corrected chi connectivity index (χ4v) is 4.21. The van der Waals surface area contributed by atoms with E-state index in [0.29, 0.717) is 30.2 Å². The van der Waals surface area contributed by atoms with Crippen molar-refractivity contribution in [1.29, 1.82) is 0 Å². The summed E-state index contributed by atoms with van der Waals surface area (Å²) in [7, 11) is -1.27. The third-order valence-corrected chi connectivity index (χ3v) is 5.31. The SMILES string of the molecule is COc1cc(CNC2CCS(=O)(=O)C2)cc2c1OCO2. The summed E-state index contributed by atoms with van der Waals surface area (Å²) >= 11 is 0. The van der Waals surface area contributed by atoms with Gasteiger partial charge in [-0.15, -0.1) is 0 Å². The van der Waals surface area contributed by atoms with Gasteiger partial charge in [-0.3, -0.25) is 0 Å². The summed E-state index contributed by atoms with van der Waals surface area (Å²) in [6.45, 7) is 0.774. The molecule has 0 radical (unpaired) electrons. The van der Waals surface area contributed by atoms with E-state index >= 15 is 0 Å². The Labute approximate surface area is 117 Å². The van der Waals surface area contributed by atoms with Gasteiger partial charge in [-0.2, -0.15) is 0 Å². The molecule has 0 spiro atoms. The van der Waals surface area contributed by atoms with Crippen LogP contribution in [0.1, 0.15) is 12.0 Å². The van der Waals surface area contributed by atoms with Crippen LogP contribution in [0.15, 0.2) is 12.1 Å². The largest absolute Gasteiger partial charge is 0.493 e. The van der Waals surface area contributed by atoms with E-state index in [2.05, 4.69) is 5.32 Å². The van der Waals surface area contributed by atoms with Crippen molar-refractivity contribution in [3.63, 3.8) is 0 Å². The second-order valence-electron chi connectivity index (χ2n) is 5.01. The Kier molecular flexibility index (Phi) is 3.47. The van der Waals surface area contributed by atoms with E-state index in [1.165, 1.54) is 0 Å². The minimum Gasteiger partial charge on any atom is -0.493 e. The molecule has 0 saturated carbocycles. The van der Waals surface area contributed by atoms with E-state index in [9.17, 15) is 8.42 Å². The topological polar surface area (TPSA) is 73.9 Å². The molecule has 1 saturated heterocycles. The van der Waals surface area contributed by atoms with Gasteiger partial charge in [-0.1, -0.05) is 0 Å². The summed E-state index contributed by atoms with van der Waals surface area (Å²) in [5.41, 5.74) is 0.982. The maximum absolute atomic E-state index is 11.4. The zero-order valence-corrected chi connectivity index (χ0v) is 12.0. The van der Waals surface area contributed by atoms with Crippen molar-refractivity contribution in [2.75, 3.05) is 25.4 Å². The van der Waals surface area contributed by atoms with Crippen LogP contribution in [0, 0.1) is 0 Å². The van der Waals surface area contributed by atoms with Gasteiger partial charge in [0.2, 0.25) is 12.5 Å². The Balaban J connectivity index is 1.69. The molecule has 0 bridgehead atoms. The normalized spacial score (nSPS) is 22.9. The van der Waals surface area contributed by atoms with Gasteiger partial charge in [-0.05, 0) is 24.1 Å². The third-order valence-electron chi connectivity index (χ3n) is 3.55. The molecule has 2 heterocycles. The van der Waals surface area contributed by atoms with Gasteiger partial charge in [0.15, 0.2) is 21.3 Å². The van der Waals surface area contributed by atoms with Crippen molar-refractivity contribution >= 4 is 9.84 Å². The summed E-state index contributed by atoms with van der Waals surface area (Å²) in [6.07, 6.45) is 0.671. The van der Waals surface area contributed by atoms with Gasteiger partial charge in [0.1, 0.15) is 0 Å². The molecule has 1 unspecified atom stereocenters. The smallest absolute Gasteiger partial charge is 0.231 e. The first-order chi connectivity index (χ1) is 9.57. The van der Waals surface area contributed by atoms with Crippen molar-refractivity contribution in [1.82, 2.24) is 5.32 Å². The Hall–Kier alpha value is -1.47. The summed E-state index contributed by atoms with van der Waals surface area (Å²) in [5, 5.41) is 3.26. The summed E-state index contributed by atoms with van der Waals surface area (Å²) < 4.78 is 38.8. The fourth-order valence-electron chi connectivity index (χ4n) is 2.50. The van der Waals surface area contributed by atoms with E-state index in [1.807, 2.05) is 12.1 Å². The van der Waals surface area contributed by atoms with Crippen LogP contribution >= 0.6 is 0 Å². The summed E-state index contributed by atoms with van der Waals surface area (Å²) in [6, 6.07) is 3.79. The van der Waals surface area contributed by atoms with Crippen LogP contribution in [0.2, 0.25) is 0 Å².